The second kappa shape index (κ2) is 8.99. The molecule has 0 atom stereocenters. The number of para-hydroxylation sites is 1. The van der Waals surface area contributed by atoms with E-state index in [1.807, 2.05) is 60.7 Å². The van der Waals surface area contributed by atoms with Crippen molar-refractivity contribution < 1.29 is 4.79 Å². The highest BCUT2D eigenvalue weighted by Crippen LogP contribution is 2.17. The van der Waals surface area contributed by atoms with Crippen LogP contribution in [0.4, 0.5) is 5.69 Å². The highest BCUT2D eigenvalue weighted by Gasteiger charge is 2.20. The first-order valence-electron chi connectivity index (χ1n) is 9.31. The molecular weight excluding hydrogens is 336 g/mol. The van der Waals surface area contributed by atoms with Crippen LogP contribution in [0.5, 0.6) is 0 Å². The lowest BCUT2D eigenvalue weighted by atomic mass is 10.1. The number of pyridine rings is 1. The average Bonchev–Trinajstić information content (AvgIpc) is 2.71. The number of carbonyl (C=O) groups is 1. The van der Waals surface area contributed by atoms with Crippen LogP contribution in [0.15, 0.2) is 83.8 Å². The number of nitrogens with zero attached hydrogens (tertiary/aromatic N) is 2. The quantitative estimate of drug-likeness (QED) is 0.629. The number of unbranched alkanes of at least 4 members (excludes halogenated alkanes) is 1. The van der Waals surface area contributed by atoms with Crippen molar-refractivity contribution in [3.63, 3.8) is 0 Å². The first kappa shape index (κ1) is 18.6. The Bertz CT molecular complexity index is 933. The summed E-state index contributed by atoms with van der Waals surface area (Å²) in [7, 11) is 0. The summed E-state index contributed by atoms with van der Waals surface area (Å²) in [5, 5.41) is 0. The number of rotatable bonds is 7. The predicted molar refractivity (Wildman–Crippen MR) is 109 cm³/mol. The van der Waals surface area contributed by atoms with Gasteiger partial charge in [0.15, 0.2) is 0 Å². The molecule has 0 spiro atoms. The van der Waals surface area contributed by atoms with E-state index in [1.165, 1.54) is 0 Å². The molecule has 0 aliphatic carbocycles. The van der Waals surface area contributed by atoms with E-state index in [9.17, 15) is 9.59 Å². The summed E-state index contributed by atoms with van der Waals surface area (Å²) >= 11 is 0. The normalized spacial score (nSPS) is 10.6. The molecular formula is C23H24N2O2. The van der Waals surface area contributed by atoms with Gasteiger partial charge in [-0.2, -0.15) is 0 Å². The summed E-state index contributed by atoms with van der Waals surface area (Å²) < 4.78 is 1.59. The van der Waals surface area contributed by atoms with Crippen molar-refractivity contribution in [3.8, 4) is 0 Å². The van der Waals surface area contributed by atoms with Gasteiger partial charge in [-0.1, -0.05) is 61.9 Å². The van der Waals surface area contributed by atoms with Crippen LogP contribution in [-0.4, -0.2) is 17.0 Å². The lowest BCUT2D eigenvalue weighted by Crippen LogP contribution is -2.37. The minimum absolute atomic E-state index is 0.202. The van der Waals surface area contributed by atoms with E-state index >= 15 is 0 Å². The Kier molecular flexibility index (Phi) is 6.21. The summed E-state index contributed by atoms with van der Waals surface area (Å²) in [6.07, 6.45) is 3.58. The number of anilines is 1. The Balaban J connectivity index is 1.92. The largest absolute Gasteiger partial charge is 0.310 e. The zero-order valence-corrected chi connectivity index (χ0v) is 15.5. The van der Waals surface area contributed by atoms with Crippen LogP contribution in [0.3, 0.4) is 0 Å². The van der Waals surface area contributed by atoms with Crippen molar-refractivity contribution in [3.05, 3.63) is 100 Å². The van der Waals surface area contributed by atoms with Gasteiger partial charge in [0.25, 0.3) is 11.5 Å². The Labute approximate surface area is 159 Å². The van der Waals surface area contributed by atoms with E-state index in [1.54, 1.807) is 27.8 Å². The standard InChI is InChI=1S/C23H24N2O2/c1-2-3-17-25(20-13-8-5-9-14-20)23(27)21-15-10-16-24(22(21)26)18-19-11-6-4-7-12-19/h4-16H,2-3,17-18H2,1H3. The van der Waals surface area contributed by atoms with E-state index in [0.717, 1.165) is 24.1 Å². The van der Waals surface area contributed by atoms with Crippen LogP contribution in [0.2, 0.25) is 0 Å². The molecule has 138 valence electrons. The first-order chi connectivity index (χ1) is 13.2. The summed E-state index contributed by atoms with van der Waals surface area (Å²) in [6.45, 7) is 3.12. The maximum Gasteiger partial charge on any atom is 0.263 e. The Morgan fingerprint density at radius 3 is 2.26 bits per heavy atom. The summed E-state index contributed by atoms with van der Waals surface area (Å²) in [6, 6.07) is 22.7. The van der Waals surface area contributed by atoms with Gasteiger partial charge >= 0.3 is 0 Å². The lowest BCUT2D eigenvalue weighted by Gasteiger charge is -2.23. The minimum Gasteiger partial charge on any atom is -0.310 e. The second-order valence-corrected chi connectivity index (χ2v) is 6.49. The zero-order valence-electron chi connectivity index (χ0n) is 15.5. The van der Waals surface area contributed by atoms with E-state index in [2.05, 4.69) is 6.92 Å². The Morgan fingerprint density at radius 1 is 0.926 bits per heavy atom. The molecule has 1 heterocycles. The van der Waals surface area contributed by atoms with Crippen molar-refractivity contribution in [1.29, 1.82) is 0 Å². The van der Waals surface area contributed by atoms with E-state index in [-0.39, 0.29) is 17.0 Å². The Morgan fingerprint density at radius 2 is 1.59 bits per heavy atom. The maximum absolute atomic E-state index is 13.2. The molecule has 2 aromatic carbocycles. The van der Waals surface area contributed by atoms with Crippen LogP contribution in [0.25, 0.3) is 0 Å². The molecule has 27 heavy (non-hydrogen) atoms. The molecule has 1 aromatic heterocycles. The van der Waals surface area contributed by atoms with Crippen molar-refractivity contribution in [2.24, 2.45) is 0 Å². The molecule has 0 bridgehead atoms. The molecule has 3 aromatic rings. The van der Waals surface area contributed by atoms with Gasteiger partial charge in [0, 0.05) is 18.4 Å². The van der Waals surface area contributed by atoms with Crippen LogP contribution < -0.4 is 10.5 Å². The predicted octanol–water partition coefficient (Wildman–Crippen LogP) is 4.34. The summed E-state index contributed by atoms with van der Waals surface area (Å²) in [5.41, 5.74) is 1.78. The van der Waals surface area contributed by atoms with Gasteiger partial charge in [-0.3, -0.25) is 9.59 Å². The molecule has 4 heteroatoms. The van der Waals surface area contributed by atoms with Crippen LogP contribution in [-0.2, 0) is 6.54 Å². The lowest BCUT2D eigenvalue weighted by molar-refractivity contribution is 0.0984. The van der Waals surface area contributed by atoms with E-state index in [0.29, 0.717) is 13.1 Å². The molecule has 0 unspecified atom stereocenters. The number of hydrogen-bond donors (Lipinski definition) is 0. The topological polar surface area (TPSA) is 42.3 Å². The maximum atomic E-state index is 13.2. The third-order valence-corrected chi connectivity index (χ3v) is 4.49. The van der Waals surface area contributed by atoms with Crippen molar-refractivity contribution in [1.82, 2.24) is 4.57 Å². The fourth-order valence-electron chi connectivity index (χ4n) is 3.02. The van der Waals surface area contributed by atoms with Crippen LogP contribution >= 0.6 is 0 Å². The summed E-state index contributed by atoms with van der Waals surface area (Å²) in [4.78, 5) is 27.8. The first-order valence-corrected chi connectivity index (χ1v) is 9.31. The van der Waals surface area contributed by atoms with Crippen molar-refractivity contribution in [2.45, 2.75) is 26.3 Å². The zero-order chi connectivity index (χ0) is 19.1. The fraction of sp³-hybridized carbons (Fsp3) is 0.217. The smallest absolute Gasteiger partial charge is 0.263 e. The van der Waals surface area contributed by atoms with Crippen molar-refractivity contribution in [2.75, 3.05) is 11.4 Å². The third-order valence-electron chi connectivity index (χ3n) is 4.49. The van der Waals surface area contributed by atoms with Gasteiger partial charge in [-0.25, -0.2) is 0 Å². The molecule has 4 nitrogen and oxygen atoms in total. The van der Waals surface area contributed by atoms with Gasteiger partial charge in [0.2, 0.25) is 0 Å². The van der Waals surface area contributed by atoms with Gasteiger partial charge in [-0.05, 0) is 36.2 Å². The summed E-state index contributed by atoms with van der Waals surface area (Å²) in [5.74, 6) is -0.248. The van der Waals surface area contributed by atoms with Gasteiger partial charge in [0.1, 0.15) is 5.56 Å². The second-order valence-electron chi connectivity index (χ2n) is 6.49. The average molecular weight is 360 g/mol. The monoisotopic (exact) mass is 360 g/mol. The van der Waals surface area contributed by atoms with E-state index in [4.69, 9.17) is 0 Å². The molecule has 0 fully saturated rings. The number of benzene rings is 2. The molecule has 1 amide bonds. The van der Waals surface area contributed by atoms with E-state index < -0.39 is 0 Å². The molecule has 0 N–H and O–H groups in total. The number of amides is 1. The van der Waals surface area contributed by atoms with Gasteiger partial charge in [0.05, 0.1) is 6.54 Å². The number of hydrogen-bond acceptors (Lipinski definition) is 2. The molecule has 0 radical (unpaired) electrons. The molecule has 0 saturated heterocycles. The number of carbonyl (C=O) groups excluding carboxylic acids is 1. The number of aromatic nitrogens is 1. The van der Waals surface area contributed by atoms with Gasteiger partial charge < -0.3 is 9.47 Å². The SMILES string of the molecule is CCCCN(C(=O)c1cccn(Cc2ccccc2)c1=O)c1ccccc1. The molecule has 3 rings (SSSR count). The Hall–Kier alpha value is -3.14. The highest BCUT2D eigenvalue weighted by molar-refractivity contribution is 6.05. The highest BCUT2D eigenvalue weighted by atomic mass is 16.2. The van der Waals surface area contributed by atoms with Crippen LogP contribution in [0, 0.1) is 0 Å². The van der Waals surface area contributed by atoms with Crippen LogP contribution in [0.1, 0.15) is 35.7 Å². The van der Waals surface area contributed by atoms with Gasteiger partial charge in [-0.15, -0.1) is 0 Å². The van der Waals surface area contributed by atoms with Crippen molar-refractivity contribution >= 4 is 11.6 Å². The molecule has 0 saturated carbocycles. The minimum atomic E-state index is -0.260. The molecule has 0 aliphatic rings. The third kappa shape index (κ3) is 4.53. The fourth-order valence-corrected chi connectivity index (χ4v) is 3.02. The molecule has 0 aliphatic heterocycles.